The lowest BCUT2D eigenvalue weighted by atomic mass is 10.1. The zero-order chi connectivity index (χ0) is 19.5. The van der Waals surface area contributed by atoms with Gasteiger partial charge >= 0.3 is 0 Å². The summed E-state index contributed by atoms with van der Waals surface area (Å²) in [6, 6.07) is 12.4. The van der Waals surface area contributed by atoms with Crippen LogP contribution in [0, 0.1) is 0 Å². The maximum absolute atomic E-state index is 12.6. The summed E-state index contributed by atoms with van der Waals surface area (Å²) in [4.78, 5) is 12.6. The van der Waals surface area contributed by atoms with Crippen LogP contribution in [0.3, 0.4) is 0 Å². The second-order valence-electron chi connectivity index (χ2n) is 5.55. The molecule has 6 nitrogen and oxygen atoms in total. The number of amides is 1. The van der Waals surface area contributed by atoms with Gasteiger partial charge in [-0.15, -0.1) is 0 Å². The molecule has 2 aromatic carbocycles. The Morgan fingerprint density at radius 2 is 1.52 bits per heavy atom. The van der Waals surface area contributed by atoms with E-state index in [0.29, 0.717) is 55.8 Å². The van der Waals surface area contributed by atoms with Crippen LogP contribution < -0.4 is 19.5 Å². The topological polar surface area (TPSA) is 66.0 Å². The average Bonchev–Trinajstić information content (AvgIpc) is 2.67. The molecular formula is C21H27NO5. The predicted molar refractivity (Wildman–Crippen MR) is 105 cm³/mol. The van der Waals surface area contributed by atoms with Gasteiger partial charge in [-0.05, 0) is 57.2 Å². The first-order chi connectivity index (χ1) is 13.2. The second-order valence-corrected chi connectivity index (χ2v) is 5.55. The predicted octanol–water partition coefficient (Wildman–Crippen LogP) is 4.15. The summed E-state index contributed by atoms with van der Waals surface area (Å²) in [7, 11) is 0. The minimum atomic E-state index is -0.244. The Morgan fingerprint density at radius 1 is 0.815 bits per heavy atom. The average molecular weight is 373 g/mol. The van der Waals surface area contributed by atoms with Crippen molar-refractivity contribution in [3.8, 4) is 17.2 Å². The summed E-state index contributed by atoms with van der Waals surface area (Å²) in [5.74, 6) is 1.65. The Morgan fingerprint density at radius 3 is 2.19 bits per heavy atom. The number of carbonyl (C=O) groups excluding carboxylic acids is 1. The van der Waals surface area contributed by atoms with Crippen LogP contribution in [-0.4, -0.2) is 38.9 Å². The highest BCUT2D eigenvalue weighted by molar-refractivity contribution is 6.06. The third kappa shape index (κ3) is 6.49. The van der Waals surface area contributed by atoms with Crippen LogP contribution in [0.25, 0.3) is 0 Å². The van der Waals surface area contributed by atoms with Gasteiger partial charge in [0.1, 0.15) is 23.9 Å². The fourth-order valence-electron chi connectivity index (χ4n) is 2.42. The molecule has 0 bridgehead atoms. The summed E-state index contributed by atoms with van der Waals surface area (Å²) in [5, 5.41) is 2.87. The highest BCUT2D eigenvalue weighted by Gasteiger charge is 2.14. The van der Waals surface area contributed by atoms with Crippen molar-refractivity contribution in [1.29, 1.82) is 0 Å². The van der Waals surface area contributed by atoms with Gasteiger partial charge in [-0.2, -0.15) is 0 Å². The molecule has 0 aliphatic heterocycles. The van der Waals surface area contributed by atoms with Crippen molar-refractivity contribution < 1.29 is 23.7 Å². The lowest BCUT2D eigenvalue weighted by molar-refractivity contribution is 0.102. The molecular weight excluding hydrogens is 346 g/mol. The second kappa shape index (κ2) is 11.1. The standard InChI is InChI=1S/C21H27NO5/c1-4-24-13-14-27-17-9-7-16(8-10-17)22-21(23)19-12-11-18(25-5-2)15-20(19)26-6-3/h7-12,15H,4-6,13-14H2,1-3H3,(H,22,23). The molecule has 2 rings (SSSR count). The molecule has 0 saturated heterocycles. The lowest BCUT2D eigenvalue weighted by Gasteiger charge is -2.13. The van der Waals surface area contributed by atoms with E-state index in [0.717, 1.165) is 5.75 Å². The van der Waals surface area contributed by atoms with Gasteiger partial charge in [0.15, 0.2) is 0 Å². The molecule has 1 N–H and O–H groups in total. The van der Waals surface area contributed by atoms with Crippen molar-refractivity contribution in [3.63, 3.8) is 0 Å². The summed E-state index contributed by atoms with van der Waals surface area (Å²) >= 11 is 0. The number of rotatable bonds is 11. The zero-order valence-corrected chi connectivity index (χ0v) is 16.1. The van der Waals surface area contributed by atoms with E-state index >= 15 is 0 Å². The van der Waals surface area contributed by atoms with Crippen molar-refractivity contribution in [2.75, 3.05) is 38.4 Å². The van der Waals surface area contributed by atoms with E-state index in [-0.39, 0.29) is 5.91 Å². The third-order valence-electron chi connectivity index (χ3n) is 3.62. The lowest BCUT2D eigenvalue weighted by Crippen LogP contribution is -2.14. The Labute approximate surface area is 160 Å². The van der Waals surface area contributed by atoms with E-state index in [1.807, 2.05) is 32.9 Å². The number of carbonyl (C=O) groups is 1. The first-order valence-corrected chi connectivity index (χ1v) is 9.19. The van der Waals surface area contributed by atoms with E-state index in [1.54, 1.807) is 30.3 Å². The molecule has 0 heterocycles. The number of hydrogen-bond donors (Lipinski definition) is 1. The number of anilines is 1. The number of benzene rings is 2. The smallest absolute Gasteiger partial charge is 0.259 e. The van der Waals surface area contributed by atoms with Gasteiger partial charge in [-0.3, -0.25) is 4.79 Å². The van der Waals surface area contributed by atoms with E-state index < -0.39 is 0 Å². The molecule has 0 aliphatic carbocycles. The summed E-state index contributed by atoms with van der Waals surface area (Å²) in [6.45, 7) is 8.45. The summed E-state index contributed by atoms with van der Waals surface area (Å²) in [5.41, 5.74) is 1.13. The van der Waals surface area contributed by atoms with Gasteiger partial charge in [-0.1, -0.05) is 0 Å². The Balaban J connectivity index is 2.01. The van der Waals surface area contributed by atoms with Crippen molar-refractivity contribution in [1.82, 2.24) is 0 Å². The number of ether oxygens (including phenoxy) is 4. The van der Waals surface area contributed by atoms with Crippen LogP contribution >= 0.6 is 0 Å². The molecule has 27 heavy (non-hydrogen) atoms. The summed E-state index contributed by atoms with van der Waals surface area (Å²) in [6.07, 6.45) is 0. The molecule has 0 radical (unpaired) electrons. The van der Waals surface area contributed by atoms with Gasteiger partial charge in [0.05, 0.1) is 25.4 Å². The fraction of sp³-hybridized carbons (Fsp3) is 0.381. The van der Waals surface area contributed by atoms with Crippen molar-refractivity contribution >= 4 is 11.6 Å². The maximum atomic E-state index is 12.6. The Kier molecular flexibility index (Phi) is 8.45. The van der Waals surface area contributed by atoms with Crippen molar-refractivity contribution in [3.05, 3.63) is 48.0 Å². The molecule has 0 fully saturated rings. The molecule has 0 saturated carbocycles. The monoisotopic (exact) mass is 373 g/mol. The minimum Gasteiger partial charge on any atom is -0.494 e. The van der Waals surface area contributed by atoms with Crippen LogP contribution in [0.15, 0.2) is 42.5 Å². The van der Waals surface area contributed by atoms with Gasteiger partial charge in [-0.25, -0.2) is 0 Å². The molecule has 0 atom stereocenters. The van der Waals surface area contributed by atoms with Gasteiger partial charge < -0.3 is 24.3 Å². The molecule has 2 aromatic rings. The molecule has 0 unspecified atom stereocenters. The minimum absolute atomic E-state index is 0.244. The van der Waals surface area contributed by atoms with E-state index in [4.69, 9.17) is 18.9 Å². The number of nitrogens with one attached hydrogen (secondary N) is 1. The SMILES string of the molecule is CCOCCOc1ccc(NC(=O)c2ccc(OCC)cc2OCC)cc1. The zero-order valence-electron chi connectivity index (χ0n) is 16.1. The number of hydrogen-bond acceptors (Lipinski definition) is 5. The van der Waals surface area contributed by atoms with Gasteiger partial charge in [0.25, 0.3) is 5.91 Å². The van der Waals surface area contributed by atoms with Crippen LogP contribution in [0.5, 0.6) is 17.2 Å². The maximum Gasteiger partial charge on any atom is 0.259 e. The normalized spacial score (nSPS) is 10.3. The van der Waals surface area contributed by atoms with Crippen LogP contribution in [0.2, 0.25) is 0 Å². The van der Waals surface area contributed by atoms with E-state index in [1.165, 1.54) is 0 Å². The fourth-order valence-corrected chi connectivity index (χ4v) is 2.42. The van der Waals surface area contributed by atoms with Crippen LogP contribution in [0.1, 0.15) is 31.1 Å². The quantitative estimate of drug-likeness (QED) is 0.599. The molecule has 6 heteroatoms. The Hall–Kier alpha value is -2.73. The van der Waals surface area contributed by atoms with Gasteiger partial charge in [0.2, 0.25) is 0 Å². The van der Waals surface area contributed by atoms with E-state index in [2.05, 4.69) is 5.32 Å². The van der Waals surface area contributed by atoms with Crippen molar-refractivity contribution in [2.24, 2.45) is 0 Å². The van der Waals surface area contributed by atoms with E-state index in [9.17, 15) is 4.79 Å². The highest BCUT2D eigenvalue weighted by atomic mass is 16.5. The highest BCUT2D eigenvalue weighted by Crippen LogP contribution is 2.26. The molecule has 1 amide bonds. The molecule has 0 spiro atoms. The van der Waals surface area contributed by atoms with Gasteiger partial charge in [0, 0.05) is 18.4 Å². The van der Waals surface area contributed by atoms with Crippen molar-refractivity contribution in [2.45, 2.75) is 20.8 Å². The van der Waals surface area contributed by atoms with Crippen LogP contribution in [0.4, 0.5) is 5.69 Å². The molecule has 0 aliphatic rings. The first kappa shape index (κ1) is 20.6. The largest absolute Gasteiger partial charge is 0.494 e. The summed E-state index contributed by atoms with van der Waals surface area (Å²) < 4.78 is 21.9. The molecule has 146 valence electrons. The van der Waals surface area contributed by atoms with Crippen LogP contribution in [-0.2, 0) is 4.74 Å². The first-order valence-electron chi connectivity index (χ1n) is 9.19. The third-order valence-corrected chi connectivity index (χ3v) is 3.62. The Bertz CT molecular complexity index is 715. The molecule has 0 aromatic heterocycles.